The van der Waals surface area contributed by atoms with Crippen molar-refractivity contribution < 1.29 is 70.5 Å². The SMILES string of the molecule is CC(C)(C)C(c1cc(-c2cc(F)ccc2F)cn1Cc1ccccc1)N(CCC(N)CNC(=O)CCC(=O)NCCOCCNC(=O)CN1C(=O)C=CC1=O)C(=O)CO.O=C(O)C(F)(F)F. The monoisotopic (exact) mass is 935 g/mol. The topological polar surface area (TPSA) is 243 Å². The van der Waals surface area contributed by atoms with E-state index in [-0.39, 0.29) is 76.7 Å². The summed E-state index contributed by atoms with van der Waals surface area (Å²) in [5.41, 5.74) is 7.85. The minimum Gasteiger partial charge on any atom is -0.475 e. The molecule has 360 valence electrons. The predicted octanol–water partition coefficient (Wildman–Crippen LogP) is 2.81. The normalized spacial score (nSPS) is 13.4. The summed E-state index contributed by atoms with van der Waals surface area (Å²) in [7, 11) is 0. The number of benzene rings is 2. The Morgan fingerprint density at radius 1 is 0.848 bits per heavy atom. The summed E-state index contributed by atoms with van der Waals surface area (Å²) < 4.78 is 68.3. The Kier molecular flexibility index (Phi) is 20.6. The number of hydrogen-bond acceptors (Lipinski definition) is 10. The van der Waals surface area contributed by atoms with Crippen molar-refractivity contribution in [2.24, 2.45) is 11.1 Å². The molecule has 2 aromatic carbocycles. The molecule has 2 unspecified atom stereocenters. The zero-order valence-corrected chi connectivity index (χ0v) is 36.5. The number of nitrogens with one attached hydrogen (secondary N) is 3. The minimum absolute atomic E-state index is 0.0566. The molecule has 3 aromatic rings. The van der Waals surface area contributed by atoms with Gasteiger partial charge >= 0.3 is 12.1 Å². The van der Waals surface area contributed by atoms with Crippen LogP contribution in [-0.4, -0.2) is 131 Å². The third kappa shape index (κ3) is 17.5. The van der Waals surface area contributed by atoms with Gasteiger partial charge in [0.05, 0.1) is 19.3 Å². The van der Waals surface area contributed by atoms with Crippen LogP contribution in [0, 0.1) is 17.0 Å². The van der Waals surface area contributed by atoms with Gasteiger partial charge in [-0.3, -0.25) is 33.7 Å². The van der Waals surface area contributed by atoms with Crippen molar-refractivity contribution in [2.45, 2.75) is 64.8 Å². The average molecular weight is 936 g/mol. The number of ether oxygens (including phenoxy) is 1. The Morgan fingerprint density at radius 3 is 1.98 bits per heavy atom. The van der Waals surface area contributed by atoms with E-state index in [9.17, 15) is 51.4 Å². The number of carboxylic acid groups (broad SMARTS) is 1. The lowest BCUT2D eigenvalue weighted by Gasteiger charge is -2.41. The molecule has 17 nitrogen and oxygen atoms in total. The second-order valence-electron chi connectivity index (χ2n) is 16.0. The number of imide groups is 1. The van der Waals surface area contributed by atoms with Crippen molar-refractivity contribution in [3.05, 3.63) is 95.8 Å². The molecule has 66 heavy (non-hydrogen) atoms. The number of aliphatic hydroxyl groups excluding tert-OH is 1. The number of alkyl halides is 3. The molecule has 0 saturated heterocycles. The van der Waals surface area contributed by atoms with Crippen LogP contribution in [0.1, 0.15) is 57.3 Å². The number of amides is 6. The fourth-order valence-corrected chi connectivity index (χ4v) is 6.57. The molecule has 0 fully saturated rings. The molecule has 0 radical (unpaired) electrons. The summed E-state index contributed by atoms with van der Waals surface area (Å²) in [6, 6.07) is 13.3. The van der Waals surface area contributed by atoms with Gasteiger partial charge in [0.15, 0.2) is 0 Å². The third-order valence-corrected chi connectivity index (χ3v) is 9.70. The molecular weight excluding hydrogens is 882 g/mol. The molecule has 1 aliphatic heterocycles. The number of rotatable bonds is 22. The Hall–Kier alpha value is -6.52. The highest BCUT2D eigenvalue weighted by Gasteiger charge is 2.39. The standard InChI is InChI=1S/C42H53F2N7O8.C2HF3O2/c1-42(2,3)41(34-21-29(32-22-30(43)9-10-33(32)44)25-49(34)24-28-7-5-4-6-8-28)50(40(58)27-52)18-15-31(45)23-48-36(54)12-11-35(53)46-16-19-59-20-17-47-37(55)26-51-38(56)13-14-39(51)57;3-2(4,5)1(6)7/h4-10,13-14,21-22,25,31,41,52H,11-12,15-20,23-24,26-27,45H2,1-3H3,(H,46,53)(H,47,55)(H,48,54);(H,6,7). The first-order valence-electron chi connectivity index (χ1n) is 20.6. The number of nitrogens with two attached hydrogens (primary N) is 1. The number of carbonyl (C=O) groups is 7. The van der Waals surface area contributed by atoms with Gasteiger partial charge in [0.1, 0.15) is 24.8 Å². The highest BCUT2D eigenvalue weighted by Crippen LogP contribution is 2.41. The van der Waals surface area contributed by atoms with Crippen LogP contribution >= 0.6 is 0 Å². The van der Waals surface area contributed by atoms with Crippen LogP contribution in [0.15, 0.2) is 72.9 Å². The molecule has 1 aliphatic rings. The summed E-state index contributed by atoms with van der Waals surface area (Å²) in [6.45, 7) is 5.77. The smallest absolute Gasteiger partial charge is 0.475 e. The van der Waals surface area contributed by atoms with Gasteiger partial charge in [-0.05, 0) is 41.7 Å². The molecule has 2 heterocycles. The van der Waals surface area contributed by atoms with Crippen molar-refractivity contribution in [3.8, 4) is 11.1 Å². The molecule has 4 rings (SSSR count). The van der Waals surface area contributed by atoms with Crippen LogP contribution < -0.4 is 21.7 Å². The van der Waals surface area contributed by atoms with E-state index >= 15 is 4.39 Å². The van der Waals surface area contributed by atoms with E-state index in [0.717, 1.165) is 40.8 Å². The minimum atomic E-state index is -5.08. The van der Waals surface area contributed by atoms with Crippen molar-refractivity contribution in [2.75, 3.05) is 52.5 Å². The Bertz CT molecular complexity index is 2180. The Morgan fingerprint density at radius 2 is 1.42 bits per heavy atom. The number of carboxylic acids is 1. The van der Waals surface area contributed by atoms with E-state index in [4.69, 9.17) is 20.4 Å². The van der Waals surface area contributed by atoms with Crippen LogP contribution in [-0.2, 0) is 44.8 Å². The van der Waals surface area contributed by atoms with E-state index in [1.807, 2.05) is 55.7 Å². The van der Waals surface area contributed by atoms with Crippen molar-refractivity contribution in [1.82, 2.24) is 30.3 Å². The maximum atomic E-state index is 15.0. The summed E-state index contributed by atoms with van der Waals surface area (Å²) in [4.78, 5) is 84.5. The Labute approximate surface area is 377 Å². The molecule has 1 aromatic heterocycles. The number of carbonyl (C=O) groups excluding carboxylic acids is 6. The predicted molar refractivity (Wildman–Crippen MR) is 228 cm³/mol. The lowest BCUT2D eigenvalue weighted by atomic mass is 9.82. The zero-order chi connectivity index (χ0) is 49.2. The fraction of sp³-hybridized carbons (Fsp3) is 0.432. The van der Waals surface area contributed by atoms with Gasteiger partial charge < -0.3 is 46.1 Å². The molecule has 0 spiro atoms. The fourth-order valence-electron chi connectivity index (χ4n) is 6.57. The number of nitrogens with zero attached hydrogens (tertiary/aromatic N) is 3. The Balaban J connectivity index is 0.00000152. The largest absolute Gasteiger partial charge is 0.490 e. The van der Waals surface area contributed by atoms with Crippen LogP contribution in [0.2, 0.25) is 0 Å². The van der Waals surface area contributed by atoms with Gasteiger partial charge in [-0.2, -0.15) is 13.2 Å². The molecule has 6 amide bonds. The van der Waals surface area contributed by atoms with Crippen molar-refractivity contribution >= 4 is 41.4 Å². The highest BCUT2D eigenvalue weighted by atomic mass is 19.4. The summed E-state index contributed by atoms with van der Waals surface area (Å²) in [5, 5.41) is 25.1. The zero-order valence-electron chi connectivity index (χ0n) is 36.5. The number of hydrogen-bond donors (Lipinski definition) is 6. The van der Waals surface area contributed by atoms with E-state index in [0.29, 0.717) is 17.8 Å². The molecular formula is C44H54F5N7O10. The van der Waals surface area contributed by atoms with Crippen molar-refractivity contribution in [1.29, 1.82) is 0 Å². The molecule has 0 saturated carbocycles. The molecule has 2 atom stereocenters. The summed E-state index contributed by atoms with van der Waals surface area (Å²) in [5.74, 6) is -6.91. The lowest BCUT2D eigenvalue weighted by molar-refractivity contribution is -0.192. The number of aliphatic hydroxyl groups is 1. The quantitative estimate of drug-likeness (QED) is 0.0486. The van der Waals surface area contributed by atoms with E-state index in [1.165, 1.54) is 4.90 Å². The molecule has 0 aliphatic carbocycles. The maximum Gasteiger partial charge on any atom is 0.490 e. The highest BCUT2D eigenvalue weighted by molar-refractivity contribution is 6.14. The number of aromatic nitrogens is 1. The lowest BCUT2D eigenvalue weighted by Crippen LogP contribution is -2.46. The molecule has 22 heteroatoms. The summed E-state index contributed by atoms with van der Waals surface area (Å²) in [6.07, 6.45) is -1.12. The van der Waals surface area contributed by atoms with Gasteiger partial charge in [-0.1, -0.05) is 51.1 Å². The van der Waals surface area contributed by atoms with Gasteiger partial charge in [0.2, 0.25) is 23.6 Å². The van der Waals surface area contributed by atoms with Gasteiger partial charge in [-0.15, -0.1) is 0 Å². The maximum absolute atomic E-state index is 15.0. The molecule has 7 N–H and O–H groups in total. The average Bonchev–Trinajstić information content (AvgIpc) is 3.80. The van der Waals surface area contributed by atoms with E-state index in [2.05, 4.69) is 16.0 Å². The van der Waals surface area contributed by atoms with E-state index < -0.39 is 77.4 Å². The van der Waals surface area contributed by atoms with E-state index in [1.54, 1.807) is 12.3 Å². The second kappa shape index (κ2) is 25.2. The number of halogens is 5. The van der Waals surface area contributed by atoms with Gasteiger partial charge in [0, 0.05) is 86.8 Å². The number of aliphatic carboxylic acids is 1. The first-order valence-corrected chi connectivity index (χ1v) is 20.6. The van der Waals surface area contributed by atoms with Crippen LogP contribution in [0.3, 0.4) is 0 Å². The van der Waals surface area contributed by atoms with Crippen molar-refractivity contribution in [3.63, 3.8) is 0 Å². The van der Waals surface area contributed by atoms with Crippen LogP contribution in [0.4, 0.5) is 22.0 Å². The van der Waals surface area contributed by atoms with Gasteiger partial charge in [0.25, 0.3) is 11.8 Å². The van der Waals surface area contributed by atoms with Crippen LogP contribution in [0.5, 0.6) is 0 Å². The van der Waals surface area contributed by atoms with Crippen LogP contribution in [0.25, 0.3) is 11.1 Å². The third-order valence-electron chi connectivity index (χ3n) is 9.70. The summed E-state index contributed by atoms with van der Waals surface area (Å²) >= 11 is 0. The first-order chi connectivity index (χ1) is 31.0. The van der Waals surface area contributed by atoms with Gasteiger partial charge in [-0.25, -0.2) is 13.6 Å². The molecule has 0 bridgehead atoms. The first kappa shape index (κ1) is 53.8. The second-order valence-corrected chi connectivity index (χ2v) is 16.0.